The van der Waals surface area contributed by atoms with Crippen LogP contribution >= 0.6 is 24.0 Å². The highest BCUT2D eigenvalue weighted by molar-refractivity contribution is 8.26. The van der Waals surface area contributed by atoms with Gasteiger partial charge in [-0.2, -0.15) is 5.26 Å². The number of anilines is 1. The number of aromatic nitrogens is 1. The molecule has 1 aromatic carbocycles. The molecule has 218 valence electrons. The first-order chi connectivity index (χ1) is 19.6. The number of amides is 1. The van der Waals surface area contributed by atoms with Gasteiger partial charge in [-0.05, 0) is 67.4 Å². The number of carbonyl (C=O) groups is 1. The average Bonchev–Trinajstić information content (AvgIpc) is 3.21. The summed E-state index contributed by atoms with van der Waals surface area (Å²) in [5, 5.41) is 9.93. The van der Waals surface area contributed by atoms with Gasteiger partial charge >= 0.3 is 0 Å². The molecule has 0 N–H and O–H groups in total. The summed E-state index contributed by atoms with van der Waals surface area (Å²) in [6.45, 7) is 10.8. The number of ether oxygens (including phenoxy) is 2. The van der Waals surface area contributed by atoms with E-state index in [2.05, 4.69) is 24.8 Å². The van der Waals surface area contributed by atoms with Gasteiger partial charge in [-0.25, -0.2) is 0 Å². The molecule has 41 heavy (non-hydrogen) atoms. The molecule has 2 fully saturated rings. The Labute approximate surface area is 251 Å². The maximum absolute atomic E-state index is 13.7. The Morgan fingerprint density at radius 1 is 1.12 bits per heavy atom. The molecule has 2 unspecified atom stereocenters. The number of piperidine rings is 1. The number of thiocarbonyl (C=S) groups is 1. The van der Waals surface area contributed by atoms with Gasteiger partial charge in [0, 0.05) is 31.7 Å². The number of carbonyl (C=O) groups excluding carboxylic acids is 1. The molecule has 0 spiro atoms. The van der Waals surface area contributed by atoms with Crippen molar-refractivity contribution in [2.45, 2.75) is 53.5 Å². The maximum Gasteiger partial charge on any atom is 0.270 e. The van der Waals surface area contributed by atoms with Crippen LogP contribution in [-0.4, -0.2) is 53.5 Å². The third kappa shape index (κ3) is 6.31. The van der Waals surface area contributed by atoms with Crippen molar-refractivity contribution in [1.82, 2.24) is 9.47 Å². The van der Waals surface area contributed by atoms with Crippen LogP contribution in [0.25, 0.3) is 6.08 Å². The van der Waals surface area contributed by atoms with E-state index >= 15 is 0 Å². The summed E-state index contributed by atoms with van der Waals surface area (Å²) in [7, 11) is 3.19. The molecule has 0 saturated carbocycles. The molecule has 0 bridgehead atoms. The highest BCUT2D eigenvalue weighted by Crippen LogP contribution is 2.37. The number of benzene rings is 1. The number of hydrogen-bond acceptors (Lipinski definition) is 8. The van der Waals surface area contributed by atoms with Gasteiger partial charge < -0.3 is 14.4 Å². The van der Waals surface area contributed by atoms with Crippen molar-refractivity contribution in [3.05, 3.63) is 55.7 Å². The van der Waals surface area contributed by atoms with Gasteiger partial charge in [0.1, 0.15) is 21.8 Å². The maximum atomic E-state index is 13.7. The second-order valence-electron chi connectivity index (χ2n) is 10.9. The number of nitriles is 1. The van der Waals surface area contributed by atoms with E-state index in [4.69, 9.17) is 21.7 Å². The van der Waals surface area contributed by atoms with Gasteiger partial charge in [0.2, 0.25) is 0 Å². The van der Waals surface area contributed by atoms with Crippen LogP contribution in [-0.2, 0) is 17.8 Å². The molecule has 2 atom stereocenters. The van der Waals surface area contributed by atoms with Gasteiger partial charge in [0.05, 0.1) is 19.1 Å². The van der Waals surface area contributed by atoms with Crippen LogP contribution in [0, 0.1) is 30.1 Å². The molecule has 2 saturated heterocycles. The van der Waals surface area contributed by atoms with E-state index in [1.54, 1.807) is 30.6 Å². The second kappa shape index (κ2) is 13.1. The molecule has 2 aromatic rings. The number of thioether (sulfide) groups is 1. The summed E-state index contributed by atoms with van der Waals surface area (Å²) >= 11 is 6.90. The van der Waals surface area contributed by atoms with Crippen molar-refractivity contribution < 1.29 is 14.3 Å². The minimum Gasteiger partial charge on any atom is -0.493 e. The summed E-state index contributed by atoms with van der Waals surface area (Å²) in [5.41, 5.74) is 2.19. The zero-order chi connectivity index (χ0) is 29.8. The van der Waals surface area contributed by atoms with Crippen LogP contribution in [0.2, 0.25) is 0 Å². The van der Waals surface area contributed by atoms with E-state index in [-0.39, 0.29) is 17.0 Å². The lowest BCUT2D eigenvalue weighted by molar-refractivity contribution is -0.122. The Balaban J connectivity index is 1.72. The second-order valence-corrected chi connectivity index (χ2v) is 12.6. The minimum absolute atomic E-state index is 0.121. The fraction of sp³-hybridized carbons (Fsp3) is 0.484. The summed E-state index contributed by atoms with van der Waals surface area (Å²) in [6, 6.07) is 7.84. The van der Waals surface area contributed by atoms with Crippen molar-refractivity contribution in [3.63, 3.8) is 0 Å². The quantitative estimate of drug-likeness (QED) is 0.283. The number of pyridine rings is 1. The van der Waals surface area contributed by atoms with Crippen LogP contribution in [0.15, 0.2) is 27.9 Å². The molecular formula is C31H38N4O4S2. The van der Waals surface area contributed by atoms with E-state index in [1.807, 2.05) is 31.2 Å². The molecule has 0 radical (unpaired) electrons. The molecule has 1 aromatic heterocycles. The molecular weight excluding hydrogens is 556 g/mol. The van der Waals surface area contributed by atoms with Crippen molar-refractivity contribution >= 4 is 46.1 Å². The first-order valence-electron chi connectivity index (χ1n) is 14.0. The molecule has 2 aliphatic heterocycles. The Morgan fingerprint density at radius 3 is 2.41 bits per heavy atom. The minimum atomic E-state index is -0.271. The standard InChI is InChI=1S/C31H38N4O4S2/c1-7-11-34-28(33-17-19(2)13-20(3)18-33)23(21(4)24(16-32)29(34)36)15-27-30(37)35(31(40)41-27)12-10-22-8-9-25(38-5)26(14-22)39-6/h8-9,14-15,19-20H,7,10-13,17-18H2,1-6H3/b27-15+. The average molecular weight is 595 g/mol. The lowest BCUT2D eigenvalue weighted by atomic mass is 9.91. The SMILES string of the molecule is CCCn1c(N2CC(C)CC(C)C2)c(/C=C2/SC(=S)N(CCc3ccc(OC)c(OC)c3)C2=O)c(C)c(C#N)c1=O. The third-order valence-electron chi connectivity index (χ3n) is 7.68. The number of methoxy groups -OCH3 is 2. The van der Waals surface area contributed by atoms with Crippen molar-refractivity contribution in [1.29, 1.82) is 5.26 Å². The van der Waals surface area contributed by atoms with Crippen LogP contribution in [0.1, 0.15) is 55.9 Å². The smallest absolute Gasteiger partial charge is 0.270 e. The van der Waals surface area contributed by atoms with E-state index in [0.717, 1.165) is 42.9 Å². The normalized spacial score (nSPS) is 20.1. The predicted molar refractivity (Wildman–Crippen MR) is 169 cm³/mol. The van der Waals surface area contributed by atoms with E-state index < -0.39 is 0 Å². The summed E-state index contributed by atoms with van der Waals surface area (Å²) in [4.78, 5) is 31.5. The highest BCUT2D eigenvalue weighted by Gasteiger charge is 2.34. The number of hydrogen-bond donors (Lipinski definition) is 0. The highest BCUT2D eigenvalue weighted by atomic mass is 32.2. The Bertz CT molecular complexity index is 1470. The summed E-state index contributed by atoms with van der Waals surface area (Å²) in [6.07, 6.45) is 4.31. The zero-order valence-corrected chi connectivity index (χ0v) is 26.3. The molecule has 2 aliphatic rings. The van der Waals surface area contributed by atoms with Gasteiger partial charge in [-0.1, -0.05) is 50.8 Å². The first-order valence-corrected chi connectivity index (χ1v) is 15.2. The van der Waals surface area contributed by atoms with E-state index in [1.165, 1.54) is 11.8 Å². The molecule has 3 heterocycles. The van der Waals surface area contributed by atoms with Crippen molar-refractivity contribution in [2.75, 3.05) is 38.8 Å². The fourth-order valence-corrected chi connectivity index (χ4v) is 7.14. The van der Waals surface area contributed by atoms with E-state index in [9.17, 15) is 14.9 Å². The largest absolute Gasteiger partial charge is 0.493 e. The number of rotatable bonds is 9. The van der Waals surface area contributed by atoms with Crippen molar-refractivity contribution in [3.8, 4) is 17.6 Å². The Morgan fingerprint density at radius 2 is 1.80 bits per heavy atom. The van der Waals surface area contributed by atoms with E-state index in [0.29, 0.717) is 57.6 Å². The molecule has 0 aliphatic carbocycles. The fourth-order valence-electron chi connectivity index (χ4n) is 5.85. The summed E-state index contributed by atoms with van der Waals surface area (Å²) < 4.78 is 13.0. The molecule has 1 amide bonds. The Hall–Kier alpha value is -3.29. The topological polar surface area (TPSA) is 87.8 Å². The first kappa shape index (κ1) is 30.7. The van der Waals surface area contributed by atoms with Gasteiger partial charge in [-0.3, -0.25) is 19.1 Å². The Kier molecular flexibility index (Phi) is 9.82. The predicted octanol–water partition coefficient (Wildman–Crippen LogP) is 5.38. The molecule has 4 rings (SSSR count). The zero-order valence-electron chi connectivity index (χ0n) is 24.7. The number of nitrogens with zero attached hydrogens (tertiary/aromatic N) is 4. The van der Waals surface area contributed by atoms with Gasteiger partial charge in [-0.15, -0.1) is 0 Å². The van der Waals surface area contributed by atoms with Gasteiger partial charge in [0.15, 0.2) is 11.5 Å². The van der Waals surface area contributed by atoms with Crippen LogP contribution in [0.5, 0.6) is 11.5 Å². The lowest BCUT2D eigenvalue weighted by Gasteiger charge is -2.39. The van der Waals surface area contributed by atoms with Crippen molar-refractivity contribution in [2.24, 2.45) is 11.8 Å². The monoisotopic (exact) mass is 594 g/mol. The van der Waals surface area contributed by atoms with Gasteiger partial charge in [0.25, 0.3) is 11.5 Å². The van der Waals surface area contributed by atoms with Crippen LogP contribution in [0.4, 0.5) is 5.82 Å². The van der Waals surface area contributed by atoms with Crippen LogP contribution in [0.3, 0.4) is 0 Å². The molecule has 10 heteroatoms. The molecule has 8 nitrogen and oxygen atoms in total. The third-order valence-corrected chi connectivity index (χ3v) is 9.06. The van der Waals surface area contributed by atoms with Crippen LogP contribution < -0.4 is 19.9 Å². The summed E-state index contributed by atoms with van der Waals surface area (Å²) in [5.74, 6) is 2.83. The lowest BCUT2D eigenvalue weighted by Crippen LogP contribution is -2.43.